The second-order valence-electron chi connectivity index (χ2n) is 3.63. The summed E-state index contributed by atoms with van der Waals surface area (Å²) in [4.78, 5) is 8.58. The standard InChI is InChI=1S/C12H10N4O/c17-9-5-3-8(4-6-9)11-14-10-2-1-7-13-12(10)16-15-11/h1-7,17H,(H,13,16)(H,14,15). The van der Waals surface area contributed by atoms with E-state index in [4.69, 9.17) is 0 Å². The molecule has 1 aromatic heterocycles. The number of phenols is 1. The Labute approximate surface area is 97.8 Å². The van der Waals surface area contributed by atoms with E-state index in [1.807, 2.05) is 12.1 Å². The van der Waals surface area contributed by atoms with E-state index in [-0.39, 0.29) is 5.75 Å². The van der Waals surface area contributed by atoms with Crippen molar-refractivity contribution in [2.45, 2.75) is 0 Å². The van der Waals surface area contributed by atoms with E-state index in [1.54, 1.807) is 30.5 Å². The molecule has 0 aliphatic carbocycles. The van der Waals surface area contributed by atoms with Gasteiger partial charge in [0.25, 0.3) is 0 Å². The first-order chi connectivity index (χ1) is 8.33. The van der Waals surface area contributed by atoms with Crippen LogP contribution in [0.15, 0.2) is 47.6 Å². The van der Waals surface area contributed by atoms with Gasteiger partial charge in [0.05, 0.1) is 0 Å². The fourth-order valence-electron chi connectivity index (χ4n) is 1.61. The van der Waals surface area contributed by atoms with E-state index >= 15 is 0 Å². The van der Waals surface area contributed by atoms with Gasteiger partial charge in [0, 0.05) is 11.8 Å². The Morgan fingerprint density at radius 1 is 1.00 bits per heavy atom. The number of nitrogens with one attached hydrogen (secondary N) is 2. The van der Waals surface area contributed by atoms with Gasteiger partial charge >= 0.3 is 0 Å². The van der Waals surface area contributed by atoms with Gasteiger partial charge in [-0.25, -0.2) is 9.98 Å². The number of amidine groups is 1. The number of pyridine rings is 1. The molecule has 0 spiro atoms. The number of aromatic nitrogens is 1. The number of hydrogen-bond donors (Lipinski definition) is 3. The minimum atomic E-state index is 0.236. The largest absolute Gasteiger partial charge is 0.508 e. The number of rotatable bonds is 1. The third kappa shape index (κ3) is 1.78. The summed E-state index contributed by atoms with van der Waals surface area (Å²) in [5.74, 6) is 1.64. The van der Waals surface area contributed by atoms with Crippen molar-refractivity contribution in [3.8, 4) is 5.75 Å². The van der Waals surface area contributed by atoms with Crippen molar-refractivity contribution >= 4 is 17.3 Å². The van der Waals surface area contributed by atoms with Crippen LogP contribution in [0.25, 0.3) is 0 Å². The number of phenolic OH excluding ortho intramolecular Hbond substituents is 1. The van der Waals surface area contributed by atoms with E-state index in [2.05, 4.69) is 20.8 Å². The fourth-order valence-corrected chi connectivity index (χ4v) is 1.61. The molecule has 5 heteroatoms. The van der Waals surface area contributed by atoms with Crippen LogP contribution in [0.5, 0.6) is 5.75 Å². The van der Waals surface area contributed by atoms with E-state index in [1.165, 1.54) is 0 Å². The summed E-state index contributed by atoms with van der Waals surface area (Å²) in [6.45, 7) is 0. The minimum absolute atomic E-state index is 0.236. The molecule has 17 heavy (non-hydrogen) atoms. The Kier molecular flexibility index (Phi) is 2.15. The zero-order chi connectivity index (χ0) is 11.7. The highest BCUT2D eigenvalue weighted by Crippen LogP contribution is 2.24. The fraction of sp³-hybridized carbons (Fsp3) is 0. The zero-order valence-electron chi connectivity index (χ0n) is 8.88. The van der Waals surface area contributed by atoms with Gasteiger partial charge in [0.15, 0.2) is 11.7 Å². The van der Waals surface area contributed by atoms with Gasteiger partial charge in [0.1, 0.15) is 11.4 Å². The van der Waals surface area contributed by atoms with E-state index in [9.17, 15) is 5.11 Å². The Morgan fingerprint density at radius 2 is 1.82 bits per heavy atom. The number of benzene rings is 1. The van der Waals surface area contributed by atoms with Crippen LogP contribution in [0.4, 0.5) is 11.5 Å². The van der Waals surface area contributed by atoms with Crippen molar-refractivity contribution in [3.05, 3.63) is 48.2 Å². The number of hydrogen-bond acceptors (Lipinski definition) is 5. The molecule has 2 heterocycles. The lowest BCUT2D eigenvalue weighted by molar-refractivity contribution is 0.475. The molecule has 0 saturated heterocycles. The summed E-state index contributed by atoms with van der Waals surface area (Å²) in [7, 11) is 0. The van der Waals surface area contributed by atoms with Gasteiger partial charge in [-0.1, -0.05) is 0 Å². The van der Waals surface area contributed by atoms with Gasteiger partial charge in [-0.05, 0) is 36.4 Å². The topological polar surface area (TPSA) is 69.5 Å². The van der Waals surface area contributed by atoms with Crippen molar-refractivity contribution in [1.82, 2.24) is 10.4 Å². The molecule has 1 aliphatic heterocycles. The highest BCUT2D eigenvalue weighted by atomic mass is 16.3. The van der Waals surface area contributed by atoms with E-state index < -0.39 is 0 Å². The van der Waals surface area contributed by atoms with Gasteiger partial charge in [-0.3, -0.25) is 10.9 Å². The van der Waals surface area contributed by atoms with E-state index in [0.717, 1.165) is 11.3 Å². The molecular formula is C12H10N4O. The molecule has 3 rings (SSSR count). The summed E-state index contributed by atoms with van der Waals surface area (Å²) in [5, 5.41) is 9.23. The molecule has 84 valence electrons. The van der Waals surface area contributed by atoms with Crippen LogP contribution in [0.1, 0.15) is 5.56 Å². The molecule has 0 atom stereocenters. The van der Waals surface area contributed by atoms with Crippen LogP contribution < -0.4 is 10.9 Å². The van der Waals surface area contributed by atoms with Crippen LogP contribution in [-0.2, 0) is 0 Å². The van der Waals surface area contributed by atoms with Gasteiger partial charge in [-0.15, -0.1) is 0 Å². The Balaban J connectivity index is 2.01. The SMILES string of the molecule is Oc1ccc(C2=Nc3cccnc3NN2)cc1. The number of fused-ring (bicyclic) bond motifs is 1. The molecule has 3 N–H and O–H groups in total. The van der Waals surface area contributed by atoms with Crippen molar-refractivity contribution < 1.29 is 5.11 Å². The quantitative estimate of drug-likeness (QED) is 0.693. The predicted octanol–water partition coefficient (Wildman–Crippen LogP) is 1.80. The smallest absolute Gasteiger partial charge is 0.170 e. The minimum Gasteiger partial charge on any atom is -0.508 e. The molecule has 1 aromatic carbocycles. The van der Waals surface area contributed by atoms with Crippen molar-refractivity contribution in [3.63, 3.8) is 0 Å². The van der Waals surface area contributed by atoms with Gasteiger partial charge in [-0.2, -0.15) is 0 Å². The highest BCUT2D eigenvalue weighted by Gasteiger charge is 2.12. The third-order valence-corrected chi connectivity index (χ3v) is 2.46. The van der Waals surface area contributed by atoms with Crippen molar-refractivity contribution in [1.29, 1.82) is 0 Å². The van der Waals surface area contributed by atoms with Crippen LogP contribution in [-0.4, -0.2) is 15.9 Å². The first-order valence-electron chi connectivity index (χ1n) is 5.18. The first-order valence-corrected chi connectivity index (χ1v) is 5.18. The average molecular weight is 226 g/mol. The summed E-state index contributed by atoms with van der Waals surface area (Å²) in [6, 6.07) is 10.6. The molecule has 0 amide bonds. The average Bonchev–Trinajstić information content (AvgIpc) is 2.39. The molecule has 0 fully saturated rings. The molecule has 0 saturated carbocycles. The number of anilines is 1. The lowest BCUT2D eigenvalue weighted by atomic mass is 10.2. The maximum absolute atomic E-state index is 9.23. The monoisotopic (exact) mass is 226 g/mol. The van der Waals surface area contributed by atoms with Gasteiger partial charge < -0.3 is 5.11 Å². The number of hydrazine groups is 1. The number of aliphatic imine (C=N–C) groups is 1. The first kappa shape index (κ1) is 9.65. The second-order valence-corrected chi connectivity index (χ2v) is 3.63. The molecule has 0 bridgehead atoms. The highest BCUT2D eigenvalue weighted by molar-refractivity contribution is 6.03. The maximum atomic E-state index is 9.23. The van der Waals surface area contributed by atoms with Crippen LogP contribution >= 0.6 is 0 Å². The maximum Gasteiger partial charge on any atom is 0.170 e. The molecule has 5 nitrogen and oxygen atoms in total. The Bertz CT molecular complexity index is 577. The molecule has 0 radical (unpaired) electrons. The molecule has 0 unspecified atom stereocenters. The summed E-state index contributed by atoms with van der Waals surface area (Å²) < 4.78 is 0. The van der Waals surface area contributed by atoms with Crippen LogP contribution in [0.2, 0.25) is 0 Å². The lowest BCUT2D eigenvalue weighted by Gasteiger charge is -2.18. The zero-order valence-corrected chi connectivity index (χ0v) is 8.88. The Hall–Kier alpha value is -2.56. The molecular weight excluding hydrogens is 216 g/mol. The van der Waals surface area contributed by atoms with Crippen molar-refractivity contribution in [2.24, 2.45) is 4.99 Å². The predicted molar refractivity (Wildman–Crippen MR) is 65.3 cm³/mol. The summed E-state index contributed by atoms with van der Waals surface area (Å²) in [6.07, 6.45) is 1.70. The summed E-state index contributed by atoms with van der Waals surface area (Å²) >= 11 is 0. The number of nitrogens with zero attached hydrogens (tertiary/aromatic N) is 2. The second kappa shape index (κ2) is 3.79. The normalized spacial score (nSPS) is 13.1. The molecule has 1 aliphatic rings. The number of aromatic hydroxyl groups is 1. The lowest BCUT2D eigenvalue weighted by Crippen LogP contribution is -2.33. The van der Waals surface area contributed by atoms with Crippen molar-refractivity contribution in [2.75, 3.05) is 5.43 Å². The Morgan fingerprint density at radius 3 is 2.65 bits per heavy atom. The van der Waals surface area contributed by atoms with Crippen LogP contribution in [0, 0.1) is 0 Å². The van der Waals surface area contributed by atoms with Crippen LogP contribution in [0.3, 0.4) is 0 Å². The third-order valence-electron chi connectivity index (χ3n) is 2.46. The van der Waals surface area contributed by atoms with E-state index in [0.29, 0.717) is 11.7 Å². The molecule has 2 aromatic rings. The summed E-state index contributed by atoms with van der Waals surface area (Å²) in [5.41, 5.74) is 7.62. The van der Waals surface area contributed by atoms with Gasteiger partial charge in [0.2, 0.25) is 0 Å².